The number of imidazole rings is 1. The fourth-order valence-corrected chi connectivity index (χ4v) is 5.46. The molecule has 2 aliphatic heterocycles. The maximum Gasteiger partial charge on any atom is 0.290 e. The average molecular weight is 425 g/mol. The molecule has 1 N–H and O–H groups in total. The Morgan fingerprint density at radius 1 is 1.23 bits per heavy atom. The SMILES string of the molecule is C[C@@H]1CCCC[C@@H]1NC(=O)[C@@]1(C)Cn2c(nc3ccccc32)C(=O)N1C[C@@H]1CCCO1. The van der Waals surface area contributed by atoms with Crippen molar-refractivity contribution < 1.29 is 14.3 Å². The highest BCUT2D eigenvalue weighted by molar-refractivity contribution is 6.01. The normalized spacial score (nSPS) is 31.1. The fraction of sp³-hybridized carbons (Fsp3) is 0.625. The van der Waals surface area contributed by atoms with Crippen LogP contribution in [0.25, 0.3) is 11.0 Å². The Labute approximate surface area is 183 Å². The number of carbonyl (C=O) groups excluding carboxylic acids is 2. The van der Waals surface area contributed by atoms with Crippen molar-refractivity contribution in [3.63, 3.8) is 0 Å². The Balaban J connectivity index is 1.51. The van der Waals surface area contributed by atoms with Crippen LogP contribution in [-0.4, -0.2) is 57.1 Å². The van der Waals surface area contributed by atoms with Crippen LogP contribution in [0.5, 0.6) is 0 Å². The standard InChI is InChI=1S/C24H32N4O3/c1-16-8-3-4-10-18(16)26-23(30)24(2)15-27-20-12-6-5-11-19(20)25-21(27)22(29)28(24)14-17-9-7-13-31-17/h5-6,11-12,16-18H,3-4,7-10,13-15H2,1-2H3,(H,26,30)/t16-,17+,18+,24-/m1/s1. The molecule has 0 bridgehead atoms. The Morgan fingerprint density at radius 3 is 2.81 bits per heavy atom. The van der Waals surface area contributed by atoms with Crippen LogP contribution in [0, 0.1) is 5.92 Å². The zero-order valence-electron chi connectivity index (χ0n) is 18.5. The first kappa shape index (κ1) is 20.5. The second-order valence-electron chi connectivity index (χ2n) is 9.68. The van der Waals surface area contributed by atoms with Gasteiger partial charge in [-0.1, -0.05) is 31.9 Å². The van der Waals surface area contributed by atoms with Crippen molar-refractivity contribution in [2.75, 3.05) is 13.2 Å². The molecule has 7 heteroatoms. The molecule has 4 atom stereocenters. The lowest BCUT2D eigenvalue weighted by molar-refractivity contribution is -0.135. The van der Waals surface area contributed by atoms with Crippen LogP contribution in [0.3, 0.4) is 0 Å². The average Bonchev–Trinajstić information content (AvgIpc) is 3.41. The van der Waals surface area contributed by atoms with E-state index >= 15 is 0 Å². The Morgan fingerprint density at radius 2 is 2.03 bits per heavy atom. The van der Waals surface area contributed by atoms with Crippen molar-refractivity contribution in [2.45, 2.75) is 76.6 Å². The van der Waals surface area contributed by atoms with Crippen molar-refractivity contribution in [1.82, 2.24) is 19.8 Å². The van der Waals surface area contributed by atoms with E-state index < -0.39 is 5.54 Å². The van der Waals surface area contributed by atoms with Gasteiger partial charge in [0.25, 0.3) is 5.91 Å². The molecule has 5 rings (SSSR count). The fourth-order valence-electron chi connectivity index (χ4n) is 5.46. The van der Waals surface area contributed by atoms with Crippen LogP contribution in [0.2, 0.25) is 0 Å². The van der Waals surface area contributed by atoms with Crippen LogP contribution in [0.15, 0.2) is 24.3 Å². The molecule has 7 nitrogen and oxygen atoms in total. The number of para-hydroxylation sites is 2. The molecule has 2 fully saturated rings. The first-order chi connectivity index (χ1) is 15.0. The zero-order chi connectivity index (χ0) is 21.6. The van der Waals surface area contributed by atoms with E-state index in [2.05, 4.69) is 17.2 Å². The third-order valence-corrected chi connectivity index (χ3v) is 7.48. The van der Waals surface area contributed by atoms with E-state index in [1.165, 1.54) is 6.42 Å². The first-order valence-corrected chi connectivity index (χ1v) is 11.7. The van der Waals surface area contributed by atoms with Gasteiger partial charge in [-0.25, -0.2) is 4.98 Å². The third-order valence-electron chi connectivity index (χ3n) is 7.48. The van der Waals surface area contributed by atoms with Crippen molar-refractivity contribution in [3.8, 4) is 0 Å². The van der Waals surface area contributed by atoms with Gasteiger partial charge in [0.05, 0.1) is 23.7 Å². The van der Waals surface area contributed by atoms with Crippen LogP contribution in [-0.2, 0) is 16.1 Å². The highest BCUT2D eigenvalue weighted by Gasteiger charge is 2.49. The molecular weight excluding hydrogens is 392 g/mol. The number of amides is 2. The van der Waals surface area contributed by atoms with Gasteiger partial charge < -0.3 is 19.5 Å². The number of aromatic nitrogens is 2. The van der Waals surface area contributed by atoms with Crippen molar-refractivity contribution >= 4 is 22.8 Å². The molecule has 0 spiro atoms. The van der Waals surface area contributed by atoms with E-state index in [9.17, 15) is 9.59 Å². The minimum absolute atomic E-state index is 0.0272. The maximum atomic E-state index is 13.8. The van der Waals surface area contributed by atoms with E-state index in [1.54, 1.807) is 4.90 Å². The number of benzene rings is 1. The topological polar surface area (TPSA) is 76.5 Å². The Kier molecular flexibility index (Phi) is 5.24. The minimum atomic E-state index is -0.989. The summed E-state index contributed by atoms with van der Waals surface area (Å²) < 4.78 is 7.76. The summed E-state index contributed by atoms with van der Waals surface area (Å²) in [7, 11) is 0. The van der Waals surface area contributed by atoms with Gasteiger partial charge in [-0.3, -0.25) is 9.59 Å². The second kappa shape index (κ2) is 7.93. The van der Waals surface area contributed by atoms with Gasteiger partial charge in [-0.15, -0.1) is 0 Å². The number of carbonyl (C=O) groups is 2. The number of ether oxygens (including phenoxy) is 1. The number of fused-ring (bicyclic) bond motifs is 3. The highest BCUT2D eigenvalue weighted by Crippen LogP contribution is 2.33. The maximum absolute atomic E-state index is 13.8. The van der Waals surface area contributed by atoms with E-state index in [4.69, 9.17) is 4.74 Å². The van der Waals surface area contributed by atoms with Crippen LogP contribution < -0.4 is 5.32 Å². The molecule has 166 valence electrons. The molecule has 1 aliphatic carbocycles. The van der Waals surface area contributed by atoms with E-state index in [0.29, 0.717) is 31.4 Å². The number of rotatable bonds is 4. The molecule has 1 saturated carbocycles. The summed E-state index contributed by atoms with van der Waals surface area (Å²) in [6.45, 7) is 5.65. The van der Waals surface area contributed by atoms with E-state index in [-0.39, 0.29) is 24.0 Å². The summed E-state index contributed by atoms with van der Waals surface area (Å²) >= 11 is 0. The summed E-state index contributed by atoms with van der Waals surface area (Å²) in [5, 5.41) is 3.32. The zero-order valence-corrected chi connectivity index (χ0v) is 18.5. The molecule has 1 aromatic carbocycles. The predicted octanol–water partition coefficient (Wildman–Crippen LogP) is 3.12. The molecule has 2 amide bonds. The Bertz CT molecular complexity index is 996. The highest BCUT2D eigenvalue weighted by atomic mass is 16.5. The quantitative estimate of drug-likeness (QED) is 0.818. The monoisotopic (exact) mass is 424 g/mol. The number of nitrogens with one attached hydrogen (secondary N) is 1. The van der Waals surface area contributed by atoms with Gasteiger partial charge >= 0.3 is 0 Å². The van der Waals surface area contributed by atoms with Crippen LogP contribution >= 0.6 is 0 Å². The molecule has 3 heterocycles. The summed E-state index contributed by atoms with van der Waals surface area (Å²) in [4.78, 5) is 33.7. The molecule has 0 radical (unpaired) electrons. The van der Waals surface area contributed by atoms with Gasteiger partial charge in [0.1, 0.15) is 5.54 Å². The van der Waals surface area contributed by atoms with Gasteiger partial charge in [-0.05, 0) is 50.7 Å². The summed E-state index contributed by atoms with van der Waals surface area (Å²) in [6.07, 6.45) is 6.38. The summed E-state index contributed by atoms with van der Waals surface area (Å²) in [6, 6.07) is 7.92. The molecule has 1 saturated heterocycles. The third kappa shape index (κ3) is 3.53. The first-order valence-electron chi connectivity index (χ1n) is 11.7. The molecular formula is C24H32N4O3. The van der Waals surface area contributed by atoms with E-state index in [0.717, 1.165) is 43.1 Å². The van der Waals surface area contributed by atoms with Crippen molar-refractivity contribution in [1.29, 1.82) is 0 Å². The molecule has 1 aromatic heterocycles. The van der Waals surface area contributed by atoms with Gasteiger partial charge in [0, 0.05) is 19.2 Å². The Hall–Kier alpha value is -2.41. The number of hydrogen-bond acceptors (Lipinski definition) is 4. The van der Waals surface area contributed by atoms with Gasteiger partial charge in [-0.2, -0.15) is 0 Å². The number of nitrogens with zero attached hydrogens (tertiary/aromatic N) is 3. The lowest BCUT2D eigenvalue weighted by atomic mass is 9.85. The molecule has 0 unspecified atom stereocenters. The molecule has 3 aliphatic rings. The van der Waals surface area contributed by atoms with Crippen LogP contribution in [0.4, 0.5) is 0 Å². The molecule has 2 aromatic rings. The number of hydrogen-bond donors (Lipinski definition) is 1. The second-order valence-corrected chi connectivity index (χ2v) is 9.68. The van der Waals surface area contributed by atoms with Crippen LogP contribution in [0.1, 0.15) is 63.0 Å². The molecule has 31 heavy (non-hydrogen) atoms. The van der Waals surface area contributed by atoms with Crippen molar-refractivity contribution in [2.24, 2.45) is 5.92 Å². The van der Waals surface area contributed by atoms with Crippen molar-refractivity contribution in [3.05, 3.63) is 30.1 Å². The summed E-state index contributed by atoms with van der Waals surface area (Å²) in [5.41, 5.74) is 0.692. The van der Waals surface area contributed by atoms with E-state index in [1.807, 2.05) is 35.8 Å². The smallest absolute Gasteiger partial charge is 0.290 e. The summed E-state index contributed by atoms with van der Waals surface area (Å²) in [5.74, 6) is 0.612. The lowest BCUT2D eigenvalue weighted by Crippen LogP contribution is -2.66. The van der Waals surface area contributed by atoms with Gasteiger partial charge in [0.2, 0.25) is 5.91 Å². The lowest BCUT2D eigenvalue weighted by Gasteiger charge is -2.45. The largest absolute Gasteiger partial charge is 0.376 e. The predicted molar refractivity (Wildman–Crippen MR) is 118 cm³/mol. The van der Waals surface area contributed by atoms with Gasteiger partial charge in [0.15, 0.2) is 5.82 Å². The minimum Gasteiger partial charge on any atom is -0.376 e.